The normalized spacial score (nSPS) is 11.1. The van der Waals surface area contributed by atoms with Gasteiger partial charge in [-0.15, -0.1) is 0 Å². The molecule has 1 aromatic rings. The number of hydrogen-bond donors (Lipinski definition) is 0. The summed E-state index contributed by atoms with van der Waals surface area (Å²) >= 11 is 0. The van der Waals surface area contributed by atoms with Crippen LogP contribution in [0.25, 0.3) is 6.08 Å². The van der Waals surface area contributed by atoms with E-state index in [9.17, 15) is 4.79 Å². The Labute approximate surface area is 119 Å². The molecule has 0 bridgehead atoms. The van der Waals surface area contributed by atoms with Crippen molar-refractivity contribution in [2.24, 2.45) is 5.92 Å². The van der Waals surface area contributed by atoms with Crippen LogP contribution in [-0.2, 0) is 9.53 Å². The second-order valence-electron chi connectivity index (χ2n) is 4.66. The zero-order valence-corrected chi connectivity index (χ0v) is 12.1. The summed E-state index contributed by atoms with van der Waals surface area (Å²) in [5, 5.41) is 8.94. The second kappa shape index (κ2) is 8.00. The van der Waals surface area contributed by atoms with Crippen molar-refractivity contribution in [2.75, 3.05) is 13.2 Å². The first kappa shape index (κ1) is 15.8. The van der Waals surface area contributed by atoms with Crippen LogP contribution >= 0.6 is 0 Å². The lowest BCUT2D eigenvalue weighted by molar-refractivity contribution is -0.137. The van der Waals surface area contributed by atoms with E-state index in [1.165, 1.54) is 6.08 Å². The van der Waals surface area contributed by atoms with E-state index in [-0.39, 0.29) is 12.2 Å². The van der Waals surface area contributed by atoms with E-state index in [4.69, 9.17) is 14.7 Å². The highest BCUT2D eigenvalue weighted by Crippen LogP contribution is 2.15. The van der Waals surface area contributed by atoms with Crippen LogP contribution in [0, 0.1) is 17.2 Å². The van der Waals surface area contributed by atoms with Gasteiger partial charge in [-0.1, -0.05) is 26.0 Å². The second-order valence-corrected chi connectivity index (χ2v) is 4.66. The molecule has 4 heteroatoms. The summed E-state index contributed by atoms with van der Waals surface area (Å²) in [6, 6.07) is 9.07. The number of hydrogen-bond acceptors (Lipinski definition) is 4. The van der Waals surface area contributed by atoms with Crippen LogP contribution in [0.1, 0.15) is 26.3 Å². The summed E-state index contributed by atoms with van der Waals surface area (Å²) in [5.41, 5.74) is 0.745. The molecule has 0 aliphatic heterocycles. The number of benzene rings is 1. The molecule has 0 aliphatic carbocycles. The van der Waals surface area contributed by atoms with Gasteiger partial charge in [0.2, 0.25) is 0 Å². The topological polar surface area (TPSA) is 59.3 Å². The fraction of sp³-hybridized carbons (Fsp3) is 0.375. The first-order valence-electron chi connectivity index (χ1n) is 6.58. The van der Waals surface area contributed by atoms with Crippen molar-refractivity contribution >= 4 is 12.0 Å². The zero-order valence-electron chi connectivity index (χ0n) is 12.1. The molecule has 1 rings (SSSR count). The Morgan fingerprint density at radius 1 is 1.35 bits per heavy atom. The molecule has 0 atom stereocenters. The van der Waals surface area contributed by atoms with Gasteiger partial charge in [-0.05, 0) is 36.6 Å². The molecule has 1 aromatic carbocycles. The highest BCUT2D eigenvalue weighted by atomic mass is 16.5. The van der Waals surface area contributed by atoms with Crippen molar-refractivity contribution in [1.82, 2.24) is 0 Å². The molecule has 0 fully saturated rings. The van der Waals surface area contributed by atoms with E-state index in [0.29, 0.717) is 12.5 Å². The van der Waals surface area contributed by atoms with Crippen molar-refractivity contribution in [3.05, 3.63) is 35.4 Å². The summed E-state index contributed by atoms with van der Waals surface area (Å²) in [6.07, 6.45) is 1.50. The van der Waals surface area contributed by atoms with Gasteiger partial charge in [0, 0.05) is 0 Å². The van der Waals surface area contributed by atoms with Crippen molar-refractivity contribution in [2.45, 2.75) is 20.8 Å². The maximum Gasteiger partial charge on any atom is 0.348 e. The van der Waals surface area contributed by atoms with Crippen LogP contribution in [0.5, 0.6) is 5.75 Å². The molecule has 20 heavy (non-hydrogen) atoms. The lowest BCUT2D eigenvalue weighted by atomic mass is 10.1. The molecule has 0 aliphatic rings. The summed E-state index contributed by atoms with van der Waals surface area (Å²) in [4.78, 5) is 11.5. The van der Waals surface area contributed by atoms with Gasteiger partial charge >= 0.3 is 5.97 Å². The van der Waals surface area contributed by atoms with Gasteiger partial charge in [-0.2, -0.15) is 5.26 Å². The van der Waals surface area contributed by atoms with Gasteiger partial charge in [-0.25, -0.2) is 4.79 Å². The monoisotopic (exact) mass is 273 g/mol. The van der Waals surface area contributed by atoms with Gasteiger partial charge in [0.15, 0.2) is 0 Å². The van der Waals surface area contributed by atoms with Gasteiger partial charge in [0.05, 0.1) is 13.2 Å². The largest absolute Gasteiger partial charge is 0.493 e. The Balaban J connectivity index is 2.77. The lowest BCUT2D eigenvalue weighted by Gasteiger charge is -2.08. The molecule has 0 N–H and O–H groups in total. The van der Waals surface area contributed by atoms with E-state index in [1.807, 2.05) is 18.2 Å². The lowest BCUT2D eigenvalue weighted by Crippen LogP contribution is -2.06. The Kier molecular flexibility index (Phi) is 6.31. The standard InChI is InChI=1S/C16H19NO3/c1-4-19-16(18)14(10-17)9-13-5-7-15(8-6-13)20-11-12(2)3/h5-9,12H,4,11H2,1-3H3/b14-9-. The van der Waals surface area contributed by atoms with Crippen LogP contribution in [0.4, 0.5) is 0 Å². The van der Waals surface area contributed by atoms with Crippen LogP contribution in [0.15, 0.2) is 29.8 Å². The van der Waals surface area contributed by atoms with Crippen LogP contribution in [0.2, 0.25) is 0 Å². The highest BCUT2D eigenvalue weighted by molar-refractivity contribution is 5.97. The first-order chi connectivity index (χ1) is 9.56. The molecule has 0 aromatic heterocycles. The summed E-state index contributed by atoms with van der Waals surface area (Å²) in [7, 11) is 0. The van der Waals surface area contributed by atoms with E-state index >= 15 is 0 Å². The van der Waals surface area contributed by atoms with Crippen molar-refractivity contribution in [3.8, 4) is 11.8 Å². The van der Waals surface area contributed by atoms with Crippen molar-refractivity contribution in [3.63, 3.8) is 0 Å². The molecule has 0 unspecified atom stereocenters. The maximum atomic E-state index is 11.5. The summed E-state index contributed by atoms with van der Waals surface area (Å²) in [5.74, 6) is 0.629. The summed E-state index contributed by atoms with van der Waals surface area (Å²) in [6.45, 7) is 6.76. The smallest absolute Gasteiger partial charge is 0.348 e. The Bertz CT molecular complexity index is 510. The number of rotatable bonds is 6. The average Bonchev–Trinajstić information content (AvgIpc) is 2.44. The Morgan fingerprint density at radius 3 is 2.50 bits per heavy atom. The van der Waals surface area contributed by atoms with E-state index in [1.54, 1.807) is 19.1 Å². The molecule has 0 amide bonds. The molecule has 4 nitrogen and oxygen atoms in total. The highest BCUT2D eigenvalue weighted by Gasteiger charge is 2.09. The average molecular weight is 273 g/mol. The first-order valence-corrected chi connectivity index (χ1v) is 6.58. The predicted octanol–water partition coefficient (Wildman–Crippen LogP) is 3.19. The van der Waals surface area contributed by atoms with Crippen molar-refractivity contribution in [1.29, 1.82) is 5.26 Å². The molecule has 0 radical (unpaired) electrons. The van der Waals surface area contributed by atoms with Gasteiger partial charge in [0.1, 0.15) is 17.4 Å². The van der Waals surface area contributed by atoms with Gasteiger partial charge < -0.3 is 9.47 Å². The number of carbonyl (C=O) groups is 1. The maximum absolute atomic E-state index is 11.5. The minimum Gasteiger partial charge on any atom is -0.493 e. The van der Waals surface area contributed by atoms with Crippen LogP contribution < -0.4 is 4.74 Å². The fourth-order valence-corrected chi connectivity index (χ4v) is 1.44. The van der Waals surface area contributed by atoms with Crippen LogP contribution in [-0.4, -0.2) is 19.2 Å². The molecular weight excluding hydrogens is 254 g/mol. The zero-order chi connectivity index (χ0) is 15.0. The number of esters is 1. The van der Waals surface area contributed by atoms with Gasteiger partial charge in [0.25, 0.3) is 0 Å². The molecule has 0 heterocycles. The number of nitrogens with zero attached hydrogens (tertiary/aromatic N) is 1. The fourth-order valence-electron chi connectivity index (χ4n) is 1.44. The third-order valence-corrected chi connectivity index (χ3v) is 2.39. The quantitative estimate of drug-likeness (QED) is 0.453. The number of carbonyl (C=O) groups excluding carboxylic acids is 1. The number of nitriles is 1. The molecule has 0 saturated heterocycles. The molecule has 0 saturated carbocycles. The SMILES string of the molecule is CCOC(=O)/C(C#N)=C\c1ccc(OCC(C)C)cc1. The minimum absolute atomic E-state index is 0.0114. The Morgan fingerprint density at radius 2 is 2.00 bits per heavy atom. The molecule has 106 valence electrons. The van der Waals surface area contributed by atoms with Gasteiger partial charge in [-0.3, -0.25) is 0 Å². The van der Waals surface area contributed by atoms with Crippen molar-refractivity contribution < 1.29 is 14.3 Å². The predicted molar refractivity (Wildman–Crippen MR) is 77.0 cm³/mol. The third kappa shape index (κ3) is 5.15. The van der Waals surface area contributed by atoms with E-state index < -0.39 is 5.97 Å². The summed E-state index contributed by atoms with van der Waals surface area (Å²) < 4.78 is 10.4. The third-order valence-electron chi connectivity index (χ3n) is 2.39. The van der Waals surface area contributed by atoms with Crippen LogP contribution in [0.3, 0.4) is 0 Å². The molecular formula is C16H19NO3. The van der Waals surface area contributed by atoms with E-state index in [2.05, 4.69) is 13.8 Å². The molecule has 0 spiro atoms. The van der Waals surface area contributed by atoms with E-state index in [0.717, 1.165) is 11.3 Å². The minimum atomic E-state index is -0.602. The number of ether oxygens (including phenoxy) is 2. The Hall–Kier alpha value is -2.28.